The molecule has 0 aliphatic carbocycles. The Balaban J connectivity index is 2.46. The van der Waals surface area contributed by atoms with Gasteiger partial charge in [0.1, 0.15) is 11.9 Å². The molecule has 0 atom stereocenters. The highest BCUT2D eigenvalue weighted by Gasteiger charge is 2.04. The van der Waals surface area contributed by atoms with Crippen LogP contribution in [0.1, 0.15) is 11.3 Å². The number of hydrogen-bond acceptors (Lipinski definition) is 3. The lowest BCUT2D eigenvalue weighted by molar-refractivity contribution is 0.628. The van der Waals surface area contributed by atoms with Gasteiger partial charge in [0, 0.05) is 5.56 Å². The molecule has 1 aromatic heterocycles. The Morgan fingerprint density at radius 1 is 1.19 bits per heavy atom. The first-order valence-electron chi connectivity index (χ1n) is 4.71. The van der Waals surface area contributed by atoms with Crippen LogP contribution in [0.2, 0.25) is 0 Å². The van der Waals surface area contributed by atoms with Crippen LogP contribution < -0.4 is 0 Å². The molecule has 0 radical (unpaired) electrons. The molecule has 0 unspecified atom stereocenters. The second kappa shape index (κ2) is 4.07. The molecule has 0 aliphatic rings. The van der Waals surface area contributed by atoms with Gasteiger partial charge in [-0.1, -0.05) is 0 Å². The number of hydrogen-bond donors (Lipinski definition) is 0. The van der Waals surface area contributed by atoms with Crippen LogP contribution in [-0.2, 0) is 0 Å². The van der Waals surface area contributed by atoms with Crippen molar-refractivity contribution in [3.8, 4) is 17.3 Å². The van der Waals surface area contributed by atoms with Gasteiger partial charge >= 0.3 is 0 Å². The van der Waals surface area contributed by atoms with E-state index in [1.807, 2.05) is 6.07 Å². The minimum Gasteiger partial charge on any atom is -0.207 e. The molecule has 0 amide bonds. The van der Waals surface area contributed by atoms with Crippen LogP contribution in [0, 0.1) is 24.1 Å². The summed E-state index contributed by atoms with van der Waals surface area (Å²) in [6.45, 7) is 1.79. The molecule has 0 saturated carbocycles. The van der Waals surface area contributed by atoms with E-state index >= 15 is 0 Å². The van der Waals surface area contributed by atoms with Crippen molar-refractivity contribution in [1.29, 1.82) is 5.26 Å². The van der Waals surface area contributed by atoms with Crippen molar-refractivity contribution in [3.05, 3.63) is 47.4 Å². The zero-order valence-electron chi connectivity index (χ0n) is 8.61. The lowest BCUT2D eigenvalue weighted by Gasteiger charge is -2.01. The smallest absolute Gasteiger partial charge is 0.166 e. The van der Waals surface area contributed by atoms with Gasteiger partial charge in [-0.05, 0) is 42.8 Å². The molecule has 0 fully saturated rings. The molecule has 0 aliphatic heterocycles. The fourth-order valence-electron chi connectivity index (χ4n) is 1.36. The monoisotopic (exact) mass is 213 g/mol. The van der Waals surface area contributed by atoms with E-state index in [0.717, 1.165) is 11.1 Å². The van der Waals surface area contributed by atoms with E-state index in [4.69, 9.17) is 5.26 Å². The fourth-order valence-corrected chi connectivity index (χ4v) is 1.36. The van der Waals surface area contributed by atoms with E-state index in [9.17, 15) is 4.39 Å². The molecule has 0 spiro atoms. The molecule has 0 saturated heterocycles. The van der Waals surface area contributed by atoms with Crippen molar-refractivity contribution in [2.45, 2.75) is 6.92 Å². The number of nitrogens with zero attached hydrogens (tertiary/aromatic N) is 3. The Morgan fingerprint density at radius 3 is 2.44 bits per heavy atom. The molecule has 1 heterocycles. The average molecular weight is 213 g/mol. The van der Waals surface area contributed by atoms with Gasteiger partial charge in [0.05, 0.1) is 5.69 Å². The first-order chi connectivity index (χ1) is 7.70. The van der Waals surface area contributed by atoms with Gasteiger partial charge in [-0.3, -0.25) is 0 Å². The molecule has 0 bridgehead atoms. The lowest BCUT2D eigenvalue weighted by atomic mass is 10.1. The van der Waals surface area contributed by atoms with Crippen LogP contribution >= 0.6 is 0 Å². The van der Waals surface area contributed by atoms with Crippen molar-refractivity contribution in [1.82, 2.24) is 10.2 Å². The Bertz CT molecular complexity index is 555. The summed E-state index contributed by atoms with van der Waals surface area (Å²) < 4.78 is 12.7. The number of benzene rings is 1. The summed E-state index contributed by atoms with van der Waals surface area (Å²) >= 11 is 0. The molecule has 4 heteroatoms. The Hall–Kier alpha value is -2.28. The van der Waals surface area contributed by atoms with Crippen molar-refractivity contribution >= 4 is 0 Å². The number of nitriles is 1. The zero-order valence-corrected chi connectivity index (χ0v) is 8.61. The summed E-state index contributed by atoms with van der Waals surface area (Å²) in [5, 5.41) is 16.4. The van der Waals surface area contributed by atoms with Gasteiger partial charge in [0.25, 0.3) is 0 Å². The lowest BCUT2D eigenvalue weighted by Crippen LogP contribution is -1.94. The van der Waals surface area contributed by atoms with Crippen LogP contribution in [-0.4, -0.2) is 10.2 Å². The van der Waals surface area contributed by atoms with Gasteiger partial charge in [-0.15, -0.1) is 10.2 Å². The number of rotatable bonds is 1. The van der Waals surface area contributed by atoms with Crippen LogP contribution in [0.5, 0.6) is 0 Å². The summed E-state index contributed by atoms with van der Waals surface area (Å²) in [4.78, 5) is 0. The molecule has 3 nitrogen and oxygen atoms in total. The topological polar surface area (TPSA) is 49.6 Å². The maximum Gasteiger partial charge on any atom is 0.166 e. The van der Waals surface area contributed by atoms with E-state index in [0.29, 0.717) is 11.4 Å². The predicted molar refractivity (Wildman–Crippen MR) is 56.9 cm³/mol. The molecule has 78 valence electrons. The second-order valence-electron chi connectivity index (χ2n) is 3.38. The van der Waals surface area contributed by atoms with Gasteiger partial charge in [0.2, 0.25) is 0 Å². The molecule has 0 N–H and O–H groups in total. The van der Waals surface area contributed by atoms with Crippen LogP contribution in [0.25, 0.3) is 11.3 Å². The summed E-state index contributed by atoms with van der Waals surface area (Å²) in [5.41, 5.74) is 2.49. The largest absolute Gasteiger partial charge is 0.207 e. The van der Waals surface area contributed by atoms with Gasteiger partial charge < -0.3 is 0 Å². The van der Waals surface area contributed by atoms with E-state index in [-0.39, 0.29) is 5.82 Å². The molecule has 16 heavy (non-hydrogen) atoms. The highest BCUT2D eigenvalue weighted by molar-refractivity contribution is 5.59. The van der Waals surface area contributed by atoms with Crippen LogP contribution in [0.4, 0.5) is 4.39 Å². The first kappa shape index (κ1) is 10.2. The van der Waals surface area contributed by atoms with E-state index in [2.05, 4.69) is 10.2 Å². The quantitative estimate of drug-likeness (QED) is 0.731. The average Bonchev–Trinajstić information content (AvgIpc) is 2.30. The third-order valence-electron chi connectivity index (χ3n) is 2.23. The maximum atomic E-state index is 12.7. The molecular weight excluding hydrogens is 205 g/mol. The van der Waals surface area contributed by atoms with Crippen molar-refractivity contribution in [2.75, 3.05) is 0 Å². The van der Waals surface area contributed by atoms with Gasteiger partial charge in [-0.25, -0.2) is 4.39 Å². The number of halogens is 1. The highest BCUT2D eigenvalue weighted by atomic mass is 19.1. The van der Waals surface area contributed by atoms with Gasteiger partial charge in [-0.2, -0.15) is 5.26 Å². The minimum atomic E-state index is -0.290. The molecule has 2 rings (SSSR count). The molecular formula is C12H8FN3. The minimum absolute atomic E-state index is 0.290. The Morgan fingerprint density at radius 2 is 1.88 bits per heavy atom. The SMILES string of the molecule is Cc1cc(-c2ccc(F)cc2)nnc1C#N. The van der Waals surface area contributed by atoms with Crippen molar-refractivity contribution in [3.63, 3.8) is 0 Å². The van der Waals surface area contributed by atoms with E-state index in [1.165, 1.54) is 12.1 Å². The van der Waals surface area contributed by atoms with Crippen molar-refractivity contribution < 1.29 is 4.39 Å². The highest BCUT2D eigenvalue weighted by Crippen LogP contribution is 2.18. The van der Waals surface area contributed by atoms with Crippen LogP contribution in [0.3, 0.4) is 0 Å². The molecule has 2 aromatic rings. The number of aromatic nitrogens is 2. The molecule has 1 aromatic carbocycles. The van der Waals surface area contributed by atoms with Crippen molar-refractivity contribution in [2.24, 2.45) is 0 Å². The summed E-state index contributed by atoms with van der Waals surface area (Å²) in [5.74, 6) is -0.290. The Kier molecular flexibility index (Phi) is 2.61. The summed E-state index contributed by atoms with van der Waals surface area (Å²) in [6, 6.07) is 9.70. The summed E-state index contributed by atoms with van der Waals surface area (Å²) in [7, 11) is 0. The van der Waals surface area contributed by atoms with Gasteiger partial charge in [0.15, 0.2) is 5.69 Å². The Labute approximate surface area is 92.2 Å². The van der Waals surface area contributed by atoms with E-state index in [1.54, 1.807) is 25.1 Å². The fraction of sp³-hybridized carbons (Fsp3) is 0.0833. The normalized spacial score (nSPS) is 9.81. The second-order valence-corrected chi connectivity index (χ2v) is 3.38. The predicted octanol–water partition coefficient (Wildman–Crippen LogP) is 2.46. The first-order valence-corrected chi connectivity index (χ1v) is 4.71. The van der Waals surface area contributed by atoms with Crippen LogP contribution in [0.15, 0.2) is 30.3 Å². The zero-order chi connectivity index (χ0) is 11.5. The number of aryl methyl sites for hydroxylation is 1. The summed E-state index contributed by atoms with van der Waals surface area (Å²) in [6.07, 6.45) is 0. The van der Waals surface area contributed by atoms with E-state index < -0.39 is 0 Å². The standard InChI is InChI=1S/C12H8FN3/c1-8-6-11(15-16-12(8)7-14)9-2-4-10(13)5-3-9/h2-6H,1H3. The third kappa shape index (κ3) is 1.89. The maximum absolute atomic E-state index is 12.7. The third-order valence-corrected chi connectivity index (χ3v) is 2.23.